The number of nitrogens with two attached hydrogens (primary N) is 1. The minimum Gasteiger partial charge on any atom is -0.366 e. The van der Waals surface area contributed by atoms with Gasteiger partial charge in [-0.2, -0.15) is 13.2 Å². The third-order valence-electron chi connectivity index (χ3n) is 3.99. The predicted octanol–water partition coefficient (Wildman–Crippen LogP) is 3.58. The SMILES string of the molecule is Cc1cc2c(cc1C(F)(F)F)NC(=O)CC(c1cccc(C(N)=O)c1)=N2. The number of primary amides is 1. The molecule has 3 N–H and O–H groups in total. The topological polar surface area (TPSA) is 84.5 Å². The molecule has 5 nitrogen and oxygen atoms in total. The molecular formula is C18H14F3N3O2. The van der Waals surface area contributed by atoms with Crippen molar-refractivity contribution in [1.29, 1.82) is 0 Å². The van der Waals surface area contributed by atoms with Gasteiger partial charge >= 0.3 is 6.18 Å². The van der Waals surface area contributed by atoms with Crippen molar-refractivity contribution in [2.24, 2.45) is 10.7 Å². The molecule has 1 heterocycles. The molecule has 2 amide bonds. The molecule has 3 rings (SSSR count). The summed E-state index contributed by atoms with van der Waals surface area (Å²) in [5, 5.41) is 2.45. The zero-order chi connectivity index (χ0) is 19.1. The van der Waals surface area contributed by atoms with Crippen LogP contribution in [0.1, 0.15) is 33.5 Å². The van der Waals surface area contributed by atoms with Gasteiger partial charge in [0.1, 0.15) is 0 Å². The average Bonchev–Trinajstić information content (AvgIpc) is 2.71. The zero-order valence-electron chi connectivity index (χ0n) is 13.6. The van der Waals surface area contributed by atoms with Crippen molar-refractivity contribution in [3.8, 4) is 0 Å². The second-order valence-electron chi connectivity index (χ2n) is 5.91. The van der Waals surface area contributed by atoms with Gasteiger partial charge in [-0.15, -0.1) is 0 Å². The minimum atomic E-state index is -4.53. The monoisotopic (exact) mass is 361 g/mol. The first-order valence-corrected chi connectivity index (χ1v) is 7.64. The fraction of sp³-hybridized carbons (Fsp3) is 0.167. The van der Waals surface area contributed by atoms with Gasteiger partial charge in [0, 0.05) is 5.56 Å². The number of aryl methyl sites for hydroxylation is 1. The number of carbonyl (C=O) groups is 2. The van der Waals surface area contributed by atoms with E-state index in [0.717, 1.165) is 6.07 Å². The van der Waals surface area contributed by atoms with E-state index >= 15 is 0 Å². The lowest BCUT2D eigenvalue weighted by molar-refractivity contribution is -0.138. The van der Waals surface area contributed by atoms with E-state index in [1.54, 1.807) is 12.1 Å². The molecule has 8 heteroatoms. The summed E-state index contributed by atoms with van der Waals surface area (Å²) in [5.74, 6) is -1.12. The van der Waals surface area contributed by atoms with Gasteiger partial charge in [0.2, 0.25) is 11.8 Å². The van der Waals surface area contributed by atoms with Gasteiger partial charge in [-0.25, -0.2) is 0 Å². The van der Waals surface area contributed by atoms with Crippen molar-refractivity contribution in [1.82, 2.24) is 0 Å². The van der Waals surface area contributed by atoms with E-state index in [1.165, 1.54) is 25.1 Å². The van der Waals surface area contributed by atoms with E-state index in [-0.39, 0.29) is 28.9 Å². The predicted molar refractivity (Wildman–Crippen MR) is 90.6 cm³/mol. The van der Waals surface area contributed by atoms with Crippen molar-refractivity contribution in [2.45, 2.75) is 19.5 Å². The standard InChI is InChI=1S/C18H14F3N3O2/c1-9-5-14-15(7-12(9)18(19,20)21)24-16(25)8-13(23-14)10-3-2-4-11(6-10)17(22)26/h2-7H,8H2,1H3,(H2,22,26)(H,24,25). The molecule has 0 aromatic heterocycles. The highest BCUT2D eigenvalue weighted by Crippen LogP contribution is 2.39. The lowest BCUT2D eigenvalue weighted by Crippen LogP contribution is -2.16. The number of alkyl halides is 3. The molecule has 0 fully saturated rings. The first-order valence-electron chi connectivity index (χ1n) is 7.64. The Hall–Kier alpha value is -3.16. The van der Waals surface area contributed by atoms with Crippen LogP contribution in [0.4, 0.5) is 24.5 Å². The summed E-state index contributed by atoms with van der Waals surface area (Å²) in [6, 6.07) is 8.43. The highest BCUT2D eigenvalue weighted by Gasteiger charge is 2.34. The van der Waals surface area contributed by atoms with Gasteiger partial charge in [-0.1, -0.05) is 12.1 Å². The van der Waals surface area contributed by atoms with E-state index in [0.29, 0.717) is 11.3 Å². The number of nitrogens with zero attached hydrogens (tertiary/aromatic N) is 1. The third-order valence-corrected chi connectivity index (χ3v) is 3.99. The van der Waals surface area contributed by atoms with E-state index in [9.17, 15) is 22.8 Å². The summed E-state index contributed by atoms with van der Waals surface area (Å²) in [5.41, 5.74) is 5.74. The Bertz CT molecular complexity index is 949. The Morgan fingerprint density at radius 2 is 1.96 bits per heavy atom. The molecule has 0 atom stereocenters. The molecule has 0 unspecified atom stereocenters. The van der Waals surface area contributed by atoms with Crippen molar-refractivity contribution in [2.75, 3.05) is 5.32 Å². The Kier molecular flexibility index (Phi) is 4.27. The summed E-state index contributed by atoms with van der Waals surface area (Å²) in [4.78, 5) is 27.8. The van der Waals surface area contributed by atoms with Crippen molar-refractivity contribution in [3.05, 3.63) is 58.7 Å². The van der Waals surface area contributed by atoms with Crippen LogP contribution in [0, 0.1) is 6.92 Å². The minimum absolute atomic E-state index is 0.00128. The Balaban J connectivity index is 2.13. The van der Waals surface area contributed by atoms with Gasteiger partial charge in [0.05, 0.1) is 29.1 Å². The van der Waals surface area contributed by atoms with Crippen LogP contribution in [0.2, 0.25) is 0 Å². The van der Waals surface area contributed by atoms with Gasteiger partial charge in [0.25, 0.3) is 0 Å². The number of halogens is 3. The number of rotatable bonds is 2. The van der Waals surface area contributed by atoms with Gasteiger partial charge in [-0.05, 0) is 42.3 Å². The zero-order valence-corrected chi connectivity index (χ0v) is 13.6. The second kappa shape index (κ2) is 6.29. The lowest BCUT2D eigenvalue weighted by atomic mass is 10.0. The number of carbonyl (C=O) groups excluding carboxylic acids is 2. The van der Waals surface area contributed by atoms with E-state index < -0.39 is 23.6 Å². The fourth-order valence-corrected chi connectivity index (χ4v) is 2.74. The summed E-state index contributed by atoms with van der Waals surface area (Å²) < 4.78 is 39.3. The second-order valence-corrected chi connectivity index (χ2v) is 5.91. The molecule has 1 aliphatic heterocycles. The number of fused-ring (bicyclic) bond motifs is 1. The van der Waals surface area contributed by atoms with E-state index in [4.69, 9.17) is 5.73 Å². The van der Waals surface area contributed by atoms with Gasteiger partial charge in [0.15, 0.2) is 0 Å². The number of hydrogen-bond acceptors (Lipinski definition) is 3. The van der Waals surface area contributed by atoms with Crippen LogP contribution < -0.4 is 11.1 Å². The molecule has 0 radical (unpaired) electrons. The van der Waals surface area contributed by atoms with E-state index in [2.05, 4.69) is 10.3 Å². The Labute approximate surface area is 146 Å². The molecule has 0 bridgehead atoms. The molecule has 2 aromatic rings. The molecule has 134 valence electrons. The molecule has 0 aliphatic carbocycles. The number of anilines is 1. The van der Waals surface area contributed by atoms with E-state index in [1.807, 2.05) is 0 Å². The molecule has 0 saturated carbocycles. The quantitative estimate of drug-likeness (QED) is 0.857. The van der Waals surface area contributed by atoms with Crippen LogP contribution >= 0.6 is 0 Å². The maximum atomic E-state index is 13.1. The van der Waals surface area contributed by atoms with Crippen LogP contribution in [0.3, 0.4) is 0 Å². The first-order chi connectivity index (χ1) is 12.1. The molecule has 2 aromatic carbocycles. The summed E-state index contributed by atoms with van der Waals surface area (Å²) in [6.45, 7) is 1.33. The van der Waals surface area contributed by atoms with Crippen LogP contribution in [0.15, 0.2) is 41.4 Å². The maximum absolute atomic E-state index is 13.1. The fourth-order valence-electron chi connectivity index (χ4n) is 2.74. The maximum Gasteiger partial charge on any atom is 0.416 e. The summed E-state index contributed by atoms with van der Waals surface area (Å²) in [7, 11) is 0. The highest BCUT2D eigenvalue weighted by atomic mass is 19.4. The Morgan fingerprint density at radius 3 is 2.62 bits per heavy atom. The highest BCUT2D eigenvalue weighted by molar-refractivity contribution is 6.17. The molecule has 0 saturated heterocycles. The molecular weight excluding hydrogens is 347 g/mol. The lowest BCUT2D eigenvalue weighted by Gasteiger charge is -2.13. The number of hydrogen-bond donors (Lipinski definition) is 2. The summed E-state index contributed by atoms with van der Waals surface area (Å²) in [6.07, 6.45) is -4.67. The van der Waals surface area contributed by atoms with Crippen LogP contribution in [-0.4, -0.2) is 17.5 Å². The smallest absolute Gasteiger partial charge is 0.366 e. The molecule has 0 spiro atoms. The molecule has 1 aliphatic rings. The average molecular weight is 361 g/mol. The van der Waals surface area contributed by atoms with Crippen LogP contribution in [-0.2, 0) is 11.0 Å². The first kappa shape index (κ1) is 17.7. The number of aliphatic imine (C=N–C) groups is 1. The number of benzene rings is 2. The van der Waals surface area contributed by atoms with Crippen molar-refractivity contribution < 1.29 is 22.8 Å². The van der Waals surface area contributed by atoms with Crippen LogP contribution in [0.5, 0.6) is 0 Å². The largest absolute Gasteiger partial charge is 0.416 e. The summed E-state index contributed by atoms with van der Waals surface area (Å²) >= 11 is 0. The van der Waals surface area contributed by atoms with Gasteiger partial charge in [-0.3, -0.25) is 14.6 Å². The van der Waals surface area contributed by atoms with Crippen molar-refractivity contribution >= 4 is 28.9 Å². The van der Waals surface area contributed by atoms with Gasteiger partial charge < -0.3 is 11.1 Å². The Morgan fingerprint density at radius 1 is 1.23 bits per heavy atom. The number of amides is 2. The number of nitrogens with one attached hydrogen (secondary N) is 1. The third kappa shape index (κ3) is 3.44. The van der Waals surface area contributed by atoms with Crippen molar-refractivity contribution in [3.63, 3.8) is 0 Å². The normalized spacial score (nSPS) is 14.2. The van der Waals surface area contributed by atoms with Crippen LogP contribution in [0.25, 0.3) is 0 Å². The molecule has 26 heavy (non-hydrogen) atoms.